The monoisotopic (exact) mass is 717 g/mol. The maximum Gasteiger partial charge on any atom is 0.131 e. The minimum Gasteiger partial charge on any atom is -0.206 e. The number of halogens is 2. The van der Waals surface area contributed by atoms with E-state index in [-0.39, 0.29) is 11.6 Å². The van der Waals surface area contributed by atoms with Gasteiger partial charge in [0.05, 0.1) is 0 Å². The van der Waals surface area contributed by atoms with Gasteiger partial charge >= 0.3 is 0 Å². The first kappa shape index (κ1) is 39.4. The van der Waals surface area contributed by atoms with Crippen molar-refractivity contribution in [2.45, 2.75) is 161 Å². The third-order valence-corrected chi connectivity index (χ3v) is 13.0. The smallest absolute Gasteiger partial charge is 0.131 e. The summed E-state index contributed by atoms with van der Waals surface area (Å²) in [7, 11) is 0. The zero-order valence-electron chi connectivity index (χ0n) is 33.0. The summed E-state index contributed by atoms with van der Waals surface area (Å²) in [6, 6.07) is 29.1. The van der Waals surface area contributed by atoms with Gasteiger partial charge in [-0.3, -0.25) is 0 Å². The lowest BCUT2D eigenvalue weighted by Gasteiger charge is -2.28. The average Bonchev–Trinajstić information content (AvgIpc) is 3.18. The Morgan fingerprint density at radius 1 is 0.434 bits per heavy atom. The molecule has 0 spiro atoms. The molecule has 0 aromatic heterocycles. The molecule has 0 unspecified atom stereocenters. The highest BCUT2D eigenvalue weighted by atomic mass is 19.1. The summed E-state index contributed by atoms with van der Waals surface area (Å²) in [5.41, 5.74) is 8.43. The summed E-state index contributed by atoms with van der Waals surface area (Å²) in [6.45, 7) is 4.59. The van der Waals surface area contributed by atoms with Gasteiger partial charge in [0, 0.05) is 11.1 Å². The molecule has 0 aliphatic heterocycles. The Kier molecular flexibility index (Phi) is 15.2. The van der Waals surface area contributed by atoms with E-state index in [0.717, 1.165) is 59.8 Å². The third-order valence-electron chi connectivity index (χ3n) is 13.0. The van der Waals surface area contributed by atoms with Crippen molar-refractivity contribution in [1.82, 2.24) is 0 Å². The van der Waals surface area contributed by atoms with Crippen LogP contribution in [-0.2, 0) is 12.8 Å². The molecule has 0 atom stereocenters. The van der Waals surface area contributed by atoms with Gasteiger partial charge in [-0.2, -0.15) is 0 Å². The second-order valence-electron chi connectivity index (χ2n) is 16.9. The fourth-order valence-corrected chi connectivity index (χ4v) is 9.69. The number of benzene rings is 4. The second kappa shape index (κ2) is 20.4. The number of aryl methyl sites for hydroxylation is 2. The van der Waals surface area contributed by atoms with Crippen LogP contribution in [0.15, 0.2) is 84.9 Å². The predicted octanol–water partition coefficient (Wildman–Crippen LogP) is 16.0. The molecule has 0 nitrogen and oxygen atoms in total. The van der Waals surface area contributed by atoms with E-state index in [2.05, 4.69) is 74.5 Å². The molecule has 6 rings (SSSR count). The van der Waals surface area contributed by atoms with Crippen LogP contribution in [0.2, 0.25) is 0 Å². The molecule has 53 heavy (non-hydrogen) atoms. The molecule has 4 aromatic carbocycles. The Morgan fingerprint density at radius 2 is 0.792 bits per heavy atom. The van der Waals surface area contributed by atoms with Gasteiger partial charge in [-0.1, -0.05) is 144 Å². The fourth-order valence-electron chi connectivity index (χ4n) is 9.69. The van der Waals surface area contributed by atoms with E-state index in [4.69, 9.17) is 0 Å². The molecule has 0 radical (unpaired) electrons. The topological polar surface area (TPSA) is 0 Å². The molecule has 2 aliphatic carbocycles. The first-order valence-corrected chi connectivity index (χ1v) is 21.8. The van der Waals surface area contributed by atoms with Gasteiger partial charge in [-0.25, -0.2) is 8.78 Å². The Hall–Kier alpha value is -3.26. The van der Waals surface area contributed by atoms with Crippen LogP contribution in [0.3, 0.4) is 0 Å². The van der Waals surface area contributed by atoms with E-state index in [0.29, 0.717) is 23.0 Å². The van der Waals surface area contributed by atoms with Gasteiger partial charge < -0.3 is 0 Å². The quantitative estimate of drug-likeness (QED) is 0.0900. The van der Waals surface area contributed by atoms with Crippen molar-refractivity contribution >= 4 is 0 Å². The first-order chi connectivity index (χ1) is 26.0. The largest absolute Gasteiger partial charge is 0.206 e. The van der Waals surface area contributed by atoms with Crippen LogP contribution in [0.4, 0.5) is 8.78 Å². The molecule has 0 amide bonds. The van der Waals surface area contributed by atoms with Crippen molar-refractivity contribution in [2.75, 3.05) is 0 Å². The molecule has 2 heteroatoms. The molecule has 0 bridgehead atoms. The number of hydrogen-bond acceptors (Lipinski definition) is 0. The second-order valence-corrected chi connectivity index (χ2v) is 16.9. The maximum absolute atomic E-state index is 15.2. The summed E-state index contributed by atoms with van der Waals surface area (Å²) in [5, 5.41) is 0. The summed E-state index contributed by atoms with van der Waals surface area (Å²) < 4.78 is 30.3. The zero-order chi connectivity index (χ0) is 36.8. The van der Waals surface area contributed by atoms with E-state index < -0.39 is 0 Å². The minimum absolute atomic E-state index is 0.103. The summed E-state index contributed by atoms with van der Waals surface area (Å²) >= 11 is 0. The van der Waals surface area contributed by atoms with Gasteiger partial charge in [0.15, 0.2) is 0 Å². The van der Waals surface area contributed by atoms with Gasteiger partial charge in [0.2, 0.25) is 0 Å². The van der Waals surface area contributed by atoms with Gasteiger partial charge in [0.1, 0.15) is 11.6 Å². The molecule has 284 valence electrons. The van der Waals surface area contributed by atoms with Crippen LogP contribution in [0.1, 0.15) is 170 Å². The molecule has 2 aliphatic rings. The zero-order valence-corrected chi connectivity index (χ0v) is 33.0. The molecular weight excluding hydrogens is 651 g/mol. The molecule has 4 aromatic rings. The highest BCUT2D eigenvalue weighted by Crippen LogP contribution is 2.39. The highest BCUT2D eigenvalue weighted by molar-refractivity contribution is 5.66. The van der Waals surface area contributed by atoms with Gasteiger partial charge in [-0.05, 0) is 146 Å². The lowest BCUT2D eigenvalue weighted by molar-refractivity contribution is 0.308. The molecule has 2 saturated carbocycles. The molecular formula is C51H66F2. The van der Waals surface area contributed by atoms with Crippen molar-refractivity contribution in [3.05, 3.63) is 119 Å². The fraction of sp³-hybridized carbons (Fsp3) is 0.529. The predicted molar refractivity (Wildman–Crippen MR) is 223 cm³/mol. The van der Waals surface area contributed by atoms with E-state index in [1.165, 1.54) is 120 Å². The van der Waals surface area contributed by atoms with Crippen molar-refractivity contribution in [3.8, 4) is 22.3 Å². The van der Waals surface area contributed by atoms with Crippen molar-refractivity contribution in [2.24, 2.45) is 11.8 Å². The van der Waals surface area contributed by atoms with Crippen LogP contribution in [0, 0.1) is 23.5 Å². The van der Waals surface area contributed by atoms with Gasteiger partial charge in [-0.15, -0.1) is 0 Å². The molecule has 0 saturated heterocycles. The Morgan fingerprint density at radius 3 is 1.13 bits per heavy atom. The van der Waals surface area contributed by atoms with Crippen LogP contribution >= 0.6 is 0 Å². The van der Waals surface area contributed by atoms with Crippen LogP contribution in [0.25, 0.3) is 22.3 Å². The lowest BCUT2D eigenvalue weighted by Crippen LogP contribution is -2.13. The lowest BCUT2D eigenvalue weighted by atomic mass is 9.77. The summed E-state index contributed by atoms with van der Waals surface area (Å²) in [6.07, 6.45) is 26.0. The van der Waals surface area contributed by atoms with E-state index >= 15 is 8.78 Å². The van der Waals surface area contributed by atoms with Crippen molar-refractivity contribution in [1.29, 1.82) is 0 Å². The number of rotatable bonds is 18. The normalized spacial score (nSPS) is 20.5. The Labute approximate surface area is 321 Å². The van der Waals surface area contributed by atoms with Crippen LogP contribution < -0.4 is 0 Å². The number of unbranched alkanes of at least 4 members (excludes halogenated alkanes) is 6. The van der Waals surface area contributed by atoms with E-state index in [9.17, 15) is 0 Å². The van der Waals surface area contributed by atoms with E-state index in [1.54, 1.807) is 12.1 Å². The van der Waals surface area contributed by atoms with Crippen molar-refractivity contribution < 1.29 is 8.78 Å². The standard InChI is InChI=1S/C51H66F2/c1-3-12-38-16-22-42(23-17-38)44-26-30-46(31-27-44)48-34-20-40(36-50(48)52)14-10-8-6-5-7-9-11-15-41-21-35-49(51(53)37-41)47-32-28-45(29-33-47)43-24-18-39(13-4-2)19-25-43/h20-21,26-39,42-43H,3-19,22-25H2,1-2H3. The van der Waals surface area contributed by atoms with E-state index in [1.807, 2.05) is 12.1 Å². The molecule has 0 N–H and O–H groups in total. The van der Waals surface area contributed by atoms with Crippen LogP contribution in [-0.4, -0.2) is 0 Å². The molecule has 0 heterocycles. The molecule has 2 fully saturated rings. The number of hydrogen-bond donors (Lipinski definition) is 0. The minimum atomic E-state index is -0.103. The van der Waals surface area contributed by atoms with Gasteiger partial charge in [0.25, 0.3) is 0 Å². The SMILES string of the molecule is CCCC1CCC(c2ccc(-c3ccc(CCCCCCCCCc4ccc(-c5ccc(C6CCC(CCC)CC6)cc5)c(F)c4)cc3F)cc2)CC1. The average molecular weight is 717 g/mol. The van der Waals surface area contributed by atoms with Crippen LogP contribution in [0.5, 0.6) is 0 Å². The first-order valence-electron chi connectivity index (χ1n) is 21.8. The summed E-state index contributed by atoms with van der Waals surface area (Å²) in [4.78, 5) is 0. The maximum atomic E-state index is 15.2. The Bertz CT molecular complexity index is 1530. The highest BCUT2D eigenvalue weighted by Gasteiger charge is 2.23. The van der Waals surface area contributed by atoms with Crippen molar-refractivity contribution in [3.63, 3.8) is 0 Å². The third kappa shape index (κ3) is 11.4. The summed E-state index contributed by atoms with van der Waals surface area (Å²) in [5.74, 6) is 2.96. The Balaban J connectivity index is 0.843.